The van der Waals surface area contributed by atoms with Gasteiger partial charge in [0.05, 0.1) is 6.61 Å². The van der Waals surface area contributed by atoms with E-state index in [9.17, 15) is 22.4 Å². The van der Waals surface area contributed by atoms with E-state index >= 15 is 0 Å². The van der Waals surface area contributed by atoms with Gasteiger partial charge in [-0.3, -0.25) is 4.79 Å². The molecule has 0 fully saturated rings. The van der Waals surface area contributed by atoms with E-state index in [2.05, 4.69) is 9.72 Å². The van der Waals surface area contributed by atoms with Crippen LogP contribution in [0.25, 0.3) is 10.9 Å². The smallest absolute Gasteiger partial charge is 0.372 e. The second-order valence-corrected chi connectivity index (χ2v) is 4.21. The number of alkyl halides is 3. The van der Waals surface area contributed by atoms with Crippen molar-refractivity contribution in [3.8, 4) is 0 Å². The van der Waals surface area contributed by atoms with Crippen LogP contribution in [0.3, 0.4) is 0 Å². The number of H-pyrrole nitrogens is 1. The van der Waals surface area contributed by atoms with Crippen LogP contribution in [0.4, 0.5) is 17.6 Å². The molecular weight excluding hydrogens is 278 g/mol. The average molecular weight is 289 g/mol. The van der Waals surface area contributed by atoms with E-state index in [1.165, 1.54) is 18.3 Å². The molecule has 108 valence electrons. The van der Waals surface area contributed by atoms with Crippen molar-refractivity contribution >= 4 is 16.7 Å². The third-order valence-corrected chi connectivity index (χ3v) is 2.69. The highest BCUT2D eigenvalue weighted by molar-refractivity contribution is 6.08. The van der Waals surface area contributed by atoms with Gasteiger partial charge in [0.15, 0.2) is 5.78 Å². The Morgan fingerprint density at radius 1 is 1.30 bits per heavy atom. The Labute approximate surface area is 111 Å². The molecule has 7 heteroatoms. The number of carbonyl (C=O) groups excluding carboxylic acids is 1. The molecule has 1 heterocycles. The Balaban J connectivity index is 2.02. The fraction of sp³-hybridized carbons (Fsp3) is 0.308. The maximum atomic E-state index is 13.6. The fourth-order valence-electron chi connectivity index (χ4n) is 1.85. The first-order valence-electron chi connectivity index (χ1n) is 5.82. The number of rotatable bonds is 5. The van der Waals surface area contributed by atoms with E-state index in [1.807, 2.05) is 0 Å². The highest BCUT2D eigenvalue weighted by Gasteiger charge is 2.27. The van der Waals surface area contributed by atoms with E-state index in [0.29, 0.717) is 5.52 Å². The molecule has 0 bridgehead atoms. The maximum Gasteiger partial charge on any atom is 0.411 e. The van der Waals surface area contributed by atoms with Crippen molar-refractivity contribution in [2.24, 2.45) is 0 Å². The van der Waals surface area contributed by atoms with Crippen LogP contribution in [0, 0.1) is 5.82 Å². The Kier molecular flexibility index (Phi) is 4.08. The lowest BCUT2D eigenvalue weighted by atomic mass is 10.1. The zero-order valence-electron chi connectivity index (χ0n) is 10.3. The van der Waals surface area contributed by atoms with Crippen LogP contribution in [-0.4, -0.2) is 30.2 Å². The van der Waals surface area contributed by atoms with Crippen molar-refractivity contribution in [1.29, 1.82) is 0 Å². The zero-order valence-corrected chi connectivity index (χ0v) is 10.3. The molecule has 3 nitrogen and oxygen atoms in total. The van der Waals surface area contributed by atoms with E-state index < -0.39 is 24.4 Å². The first kappa shape index (κ1) is 14.5. The summed E-state index contributed by atoms with van der Waals surface area (Å²) in [5, 5.41) is 0.147. The zero-order chi connectivity index (χ0) is 14.8. The van der Waals surface area contributed by atoms with Crippen LogP contribution in [-0.2, 0) is 4.74 Å². The molecule has 2 rings (SSSR count). The summed E-state index contributed by atoms with van der Waals surface area (Å²) in [4.78, 5) is 14.6. The Bertz CT molecular complexity index is 618. The summed E-state index contributed by atoms with van der Waals surface area (Å²) in [7, 11) is 0. The number of benzene rings is 1. The van der Waals surface area contributed by atoms with Gasteiger partial charge in [-0.15, -0.1) is 0 Å². The van der Waals surface area contributed by atoms with Gasteiger partial charge in [0.25, 0.3) is 0 Å². The van der Waals surface area contributed by atoms with Crippen LogP contribution >= 0.6 is 0 Å². The van der Waals surface area contributed by atoms with Gasteiger partial charge in [0.1, 0.15) is 12.4 Å². The average Bonchev–Trinajstić information content (AvgIpc) is 2.78. The molecule has 20 heavy (non-hydrogen) atoms. The van der Waals surface area contributed by atoms with E-state index in [1.54, 1.807) is 6.07 Å². The number of halogens is 4. The molecule has 0 radical (unpaired) electrons. The molecule has 0 amide bonds. The van der Waals surface area contributed by atoms with E-state index in [4.69, 9.17) is 0 Å². The lowest BCUT2D eigenvalue weighted by Crippen LogP contribution is -2.18. The molecule has 1 aromatic heterocycles. The second kappa shape index (κ2) is 5.62. The van der Waals surface area contributed by atoms with Gasteiger partial charge in [0, 0.05) is 29.1 Å². The summed E-state index contributed by atoms with van der Waals surface area (Å²) in [5.74, 6) is -1.02. The second-order valence-electron chi connectivity index (χ2n) is 4.21. The number of aromatic amines is 1. The number of carbonyl (C=O) groups is 1. The maximum absolute atomic E-state index is 13.6. The normalized spacial score (nSPS) is 12.0. The Morgan fingerprint density at radius 2 is 2.05 bits per heavy atom. The van der Waals surface area contributed by atoms with Gasteiger partial charge in [0.2, 0.25) is 0 Å². The number of nitrogens with one attached hydrogen (secondary N) is 1. The summed E-state index contributed by atoms with van der Waals surface area (Å²) >= 11 is 0. The number of hydrogen-bond acceptors (Lipinski definition) is 2. The third kappa shape index (κ3) is 3.36. The van der Waals surface area contributed by atoms with Crippen molar-refractivity contribution in [2.45, 2.75) is 12.6 Å². The molecule has 1 aromatic carbocycles. The number of ether oxygens (including phenoxy) is 1. The minimum absolute atomic E-state index is 0.119. The van der Waals surface area contributed by atoms with Gasteiger partial charge < -0.3 is 9.72 Å². The summed E-state index contributed by atoms with van der Waals surface area (Å²) in [6.07, 6.45) is -3.31. The number of aromatic nitrogens is 1. The first-order chi connectivity index (χ1) is 9.38. The lowest BCUT2D eigenvalue weighted by molar-refractivity contribution is -0.173. The molecular formula is C13H11F4NO2. The molecule has 0 unspecified atom stereocenters. The molecule has 0 saturated carbocycles. The van der Waals surface area contributed by atoms with Crippen molar-refractivity contribution in [3.05, 3.63) is 35.8 Å². The summed E-state index contributed by atoms with van der Waals surface area (Å²) in [5.41, 5.74) is 0.582. The molecule has 0 atom stereocenters. The number of Topliss-reactive ketones (excluding diaryl/α,β-unsaturated/α-hetero) is 1. The summed E-state index contributed by atoms with van der Waals surface area (Å²) in [6, 6.07) is 4.32. The van der Waals surface area contributed by atoms with Crippen molar-refractivity contribution in [1.82, 2.24) is 4.98 Å². The minimum atomic E-state index is -4.42. The molecule has 2 aromatic rings. The van der Waals surface area contributed by atoms with Crippen LogP contribution < -0.4 is 0 Å². The monoisotopic (exact) mass is 289 g/mol. The summed E-state index contributed by atoms with van der Waals surface area (Å²) < 4.78 is 53.5. The van der Waals surface area contributed by atoms with Crippen LogP contribution in [0.2, 0.25) is 0 Å². The van der Waals surface area contributed by atoms with Gasteiger partial charge >= 0.3 is 6.18 Å². The van der Waals surface area contributed by atoms with Gasteiger partial charge in [-0.2, -0.15) is 13.2 Å². The fourth-order valence-corrected chi connectivity index (χ4v) is 1.85. The Hall–Kier alpha value is -1.89. The molecule has 1 N–H and O–H groups in total. The highest BCUT2D eigenvalue weighted by Crippen LogP contribution is 2.22. The number of fused-ring (bicyclic) bond motifs is 1. The SMILES string of the molecule is O=C(CCOCC(F)(F)F)c1c[nH]c2cccc(F)c12. The molecule has 0 aliphatic heterocycles. The van der Waals surface area contributed by atoms with E-state index in [0.717, 1.165) is 0 Å². The van der Waals surface area contributed by atoms with Crippen molar-refractivity contribution < 1.29 is 27.1 Å². The predicted molar refractivity (Wildman–Crippen MR) is 64.1 cm³/mol. The van der Waals surface area contributed by atoms with Gasteiger partial charge in [-0.25, -0.2) is 4.39 Å². The van der Waals surface area contributed by atoms with Crippen LogP contribution in [0.15, 0.2) is 24.4 Å². The summed E-state index contributed by atoms with van der Waals surface area (Å²) in [6.45, 7) is -1.76. The Morgan fingerprint density at radius 3 is 2.75 bits per heavy atom. The van der Waals surface area contributed by atoms with Crippen molar-refractivity contribution in [3.63, 3.8) is 0 Å². The minimum Gasteiger partial charge on any atom is -0.372 e. The van der Waals surface area contributed by atoms with Crippen molar-refractivity contribution in [2.75, 3.05) is 13.2 Å². The molecule has 0 saturated heterocycles. The topological polar surface area (TPSA) is 42.1 Å². The molecule has 0 spiro atoms. The van der Waals surface area contributed by atoms with Gasteiger partial charge in [-0.1, -0.05) is 6.07 Å². The molecule has 0 aliphatic carbocycles. The van der Waals surface area contributed by atoms with Crippen LogP contribution in [0.5, 0.6) is 0 Å². The standard InChI is InChI=1S/C13H11F4NO2/c14-9-2-1-3-10-12(9)8(6-18-10)11(19)4-5-20-7-13(15,16)17/h1-3,6,18H,4-5,7H2. The van der Waals surface area contributed by atoms with Gasteiger partial charge in [-0.05, 0) is 12.1 Å². The number of hydrogen-bond donors (Lipinski definition) is 1. The third-order valence-electron chi connectivity index (χ3n) is 2.69. The quantitative estimate of drug-likeness (QED) is 0.520. The van der Waals surface area contributed by atoms with Crippen LogP contribution in [0.1, 0.15) is 16.8 Å². The first-order valence-corrected chi connectivity index (χ1v) is 5.82. The predicted octanol–water partition coefficient (Wildman–Crippen LogP) is 3.46. The highest BCUT2D eigenvalue weighted by atomic mass is 19.4. The van der Waals surface area contributed by atoms with E-state index in [-0.39, 0.29) is 24.0 Å². The lowest BCUT2D eigenvalue weighted by Gasteiger charge is -2.06. The molecule has 0 aliphatic rings. The largest absolute Gasteiger partial charge is 0.411 e. The number of ketones is 1.